The smallest absolute Gasteiger partial charge is 0.305 e. The molecule has 0 saturated carbocycles. The number of aliphatic hydroxyl groups excluding tert-OH is 1. The number of hydrogen-bond donors (Lipinski definition) is 4. The van der Waals surface area contributed by atoms with Crippen LogP contribution < -0.4 is 11.1 Å². The van der Waals surface area contributed by atoms with Crippen molar-refractivity contribution in [1.29, 1.82) is 0 Å². The molecule has 0 saturated heterocycles. The topological polar surface area (TPSA) is 113 Å². The van der Waals surface area contributed by atoms with Crippen molar-refractivity contribution in [3.63, 3.8) is 0 Å². The van der Waals surface area contributed by atoms with Crippen molar-refractivity contribution >= 4 is 12.3 Å². The van der Waals surface area contributed by atoms with E-state index >= 15 is 0 Å². The Kier molecular flexibility index (Phi) is 8.22. The second-order valence-corrected chi connectivity index (χ2v) is 7.36. The predicted molar refractivity (Wildman–Crippen MR) is 86.5 cm³/mol. The van der Waals surface area contributed by atoms with E-state index in [0.29, 0.717) is 6.29 Å². The number of carbonyl (C=O) groups excluding carboxylic acids is 1. The number of aliphatic hydroxyl groups is 1. The number of carbonyl (C=O) groups is 2. The highest BCUT2D eigenvalue weighted by atomic mass is 16.4. The molecule has 0 heterocycles. The molecule has 0 spiro atoms. The van der Waals surface area contributed by atoms with Crippen LogP contribution in [0.15, 0.2) is 0 Å². The Bertz CT molecular complexity index is 356. The van der Waals surface area contributed by atoms with E-state index in [1.165, 1.54) is 0 Å². The zero-order valence-electron chi connectivity index (χ0n) is 14.5. The summed E-state index contributed by atoms with van der Waals surface area (Å²) in [5.74, 6) is -0.525. The second-order valence-electron chi connectivity index (χ2n) is 7.36. The van der Waals surface area contributed by atoms with Crippen LogP contribution in [0.2, 0.25) is 0 Å². The number of carboxylic acid groups (broad SMARTS) is 1. The average Bonchev–Trinajstić information content (AvgIpc) is 2.33. The van der Waals surface area contributed by atoms with Gasteiger partial charge in [0, 0.05) is 11.6 Å². The van der Waals surface area contributed by atoms with Crippen molar-refractivity contribution in [1.82, 2.24) is 5.32 Å². The van der Waals surface area contributed by atoms with Gasteiger partial charge in [-0.2, -0.15) is 0 Å². The maximum atomic E-state index is 11.2. The lowest BCUT2D eigenvalue weighted by atomic mass is 9.74. The van der Waals surface area contributed by atoms with Crippen LogP contribution in [0.1, 0.15) is 48.0 Å². The van der Waals surface area contributed by atoms with Crippen molar-refractivity contribution < 1.29 is 19.8 Å². The molecule has 0 aromatic carbocycles. The van der Waals surface area contributed by atoms with E-state index in [1.807, 2.05) is 27.7 Å². The van der Waals surface area contributed by atoms with Gasteiger partial charge in [-0.25, -0.2) is 0 Å². The molecule has 0 aromatic heterocycles. The molecule has 0 aliphatic heterocycles. The summed E-state index contributed by atoms with van der Waals surface area (Å²) in [5, 5.41) is 22.6. The fraction of sp³-hybridized carbons (Fsp3) is 0.875. The Morgan fingerprint density at radius 3 is 1.95 bits per heavy atom. The predicted octanol–water partition coefficient (Wildman–Crippen LogP) is 1.01. The number of rotatable bonds is 10. The molecular weight excluding hydrogens is 284 g/mol. The summed E-state index contributed by atoms with van der Waals surface area (Å²) in [6, 6.07) is -1.31. The molecular formula is C16H32N2O4. The molecule has 0 radical (unpaired) electrons. The van der Waals surface area contributed by atoms with E-state index in [4.69, 9.17) is 10.8 Å². The fourth-order valence-corrected chi connectivity index (χ4v) is 3.06. The number of hydrogen-bond acceptors (Lipinski definition) is 5. The summed E-state index contributed by atoms with van der Waals surface area (Å²) in [5.41, 5.74) is 5.18. The van der Waals surface area contributed by atoms with Crippen molar-refractivity contribution in [2.45, 2.75) is 71.7 Å². The summed E-state index contributed by atoms with van der Waals surface area (Å²) in [7, 11) is 0. The zero-order chi connectivity index (χ0) is 17.7. The summed E-state index contributed by atoms with van der Waals surface area (Å²) >= 11 is 0. The van der Waals surface area contributed by atoms with Crippen molar-refractivity contribution in [3.05, 3.63) is 0 Å². The van der Waals surface area contributed by atoms with Gasteiger partial charge in [0.05, 0.1) is 18.6 Å². The van der Waals surface area contributed by atoms with Crippen LogP contribution in [0.3, 0.4) is 0 Å². The molecule has 130 valence electrons. The largest absolute Gasteiger partial charge is 0.481 e. The Hall–Kier alpha value is -0.980. The minimum Gasteiger partial charge on any atom is -0.481 e. The van der Waals surface area contributed by atoms with Gasteiger partial charge in [0.1, 0.15) is 6.29 Å². The van der Waals surface area contributed by atoms with E-state index in [0.717, 1.165) is 0 Å². The van der Waals surface area contributed by atoms with Crippen LogP contribution in [0.25, 0.3) is 0 Å². The first-order valence-electron chi connectivity index (χ1n) is 7.81. The third-order valence-electron chi connectivity index (χ3n) is 4.02. The fourth-order valence-electron chi connectivity index (χ4n) is 3.06. The van der Waals surface area contributed by atoms with E-state index in [2.05, 4.69) is 5.32 Å². The van der Waals surface area contributed by atoms with Crippen LogP contribution in [-0.4, -0.2) is 46.2 Å². The highest BCUT2D eigenvalue weighted by Gasteiger charge is 2.39. The van der Waals surface area contributed by atoms with Crippen LogP contribution in [0.5, 0.6) is 0 Å². The van der Waals surface area contributed by atoms with Gasteiger partial charge in [-0.15, -0.1) is 0 Å². The standard InChI is InChI=1S/C16H32N2O4/c1-9(2)13(10(3)4)14(15(22)16(5,6)17)18-11(8-19)7-12(20)21/h8-11,13-15,18,22H,7,17H2,1-6H3,(H,20,21)/t11-,14?,15?/m1/s1. The first kappa shape index (κ1) is 21.0. The molecule has 0 aliphatic rings. The Morgan fingerprint density at radius 1 is 1.23 bits per heavy atom. The number of carboxylic acids is 1. The van der Waals surface area contributed by atoms with Crippen molar-refractivity contribution in [2.24, 2.45) is 23.5 Å². The number of aldehydes is 1. The van der Waals surface area contributed by atoms with Crippen molar-refractivity contribution in [2.75, 3.05) is 0 Å². The average molecular weight is 316 g/mol. The summed E-state index contributed by atoms with van der Waals surface area (Å²) in [4.78, 5) is 22.0. The van der Waals surface area contributed by atoms with Gasteiger partial charge in [0.2, 0.25) is 0 Å². The minimum atomic E-state index is -1.06. The van der Waals surface area contributed by atoms with Crippen LogP contribution in [0.4, 0.5) is 0 Å². The maximum absolute atomic E-state index is 11.2. The van der Waals surface area contributed by atoms with Gasteiger partial charge in [-0.05, 0) is 31.6 Å². The lowest BCUT2D eigenvalue weighted by Gasteiger charge is -2.42. The molecule has 5 N–H and O–H groups in total. The number of nitrogens with one attached hydrogen (secondary N) is 1. The van der Waals surface area contributed by atoms with Crippen LogP contribution in [0, 0.1) is 17.8 Å². The van der Waals surface area contributed by atoms with Gasteiger partial charge < -0.3 is 26.1 Å². The molecule has 0 amide bonds. The molecule has 3 atom stereocenters. The molecule has 22 heavy (non-hydrogen) atoms. The van der Waals surface area contributed by atoms with E-state index in [-0.39, 0.29) is 24.2 Å². The van der Waals surface area contributed by atoms with Crippen molar-refractivity contribution in [3.8, 4) is 0 Å². The zero-order valence-corrected chi connectivity index (χ0v) is 14.5. The third kappa shape index (κ3) is 6.42. The van der Waals surface area contributed by atoms with Crippen LogP contribution in [-0.2, 0) is 9.59 Å². The van der Waals surface area contributed by atoms with E-state index < -0.39 is 29.7 Å². The highest BCUT2D eigenvalue weighted by molar-refractivity contribution is 5.73. The first-order valence-corrected chi connectivity index (χ1v) is 7.81. The number of aliphatic carboxylic acids is 1. The van der Waals surface area contributed by atoms with Crippen LogP contribution >= 0.6 is 0 Å². The Balaban J connectivity index is 5.49. The minimum absolute atomic E-state index is 0.0501. The summed E-state index contributed by atoms with van der Waals surface area (Å²) in [6.07, 6.45) is -0.645. The molecule has 0 aliphatic carbocycles. The molecule has 6 nitrogen and oxygen atoms in total. The lowest BCUT2D eigenvalue weighted by Crippen LogP contribution is -2.62. The SMILES string of the molecule is CC(C)C(C(C)C)C(N[C@@H](C=O)CC(=O)O)C(O)C(C)(C)N. The Labute approximate surface area is 133 Å². The van der Waals surface area contributed by atoms with Gasteiger partial charge in [-0.1, -0.05) is 27.7 Å². The summed E-state index contributed by atoms with van der Waals surface area (Å²) < 4.78 is 0. The highest BCUT2D eigenvalue weighted by Crippen LogP contribution is 2.29. The quantitative estimate of drug-likeness (QED) is 0.448. The molecule has 0 rings (SSSR count). The number of nitrogens with two attached hydrogens (primary N) is 1. The Morgan fingerprint density at radius 2 is 1.68 bits per heavy atom. The molecule has 0 fully saturated rings. The first-order chi connectivity index (χ1) is 9.91. The van der Waals surface area contributed by atoms with Gasteiger partial charge >= 0.3 is 5.97 Å². The maximum Gasteiger partial charge on any atom is 0.305 e. The van der Waals surface area contributed by atoms with E-state index in [1.54, 1.807) is 13.8 Å². The molecule has 0 bridgehead atoms. The molecule has 0 aromatic rings. The van der Waals surface area contributed by atoms with Gasteiger partial charge in [-0.3, -0.25) is 4.79 Å². The summed E-state index contributed by atoms with van der Waals surface area (Å²) in [6.45, 7) is 11.6. The lowest BCUT2D eigenvalue weighted by molar-refractivity contribution is -0.138. The molecule has 2 unspecified atom stereocenters. The second kappa shape index (κ2) is 8.60. The monoisotopic (exact) mass is 316 g/mol. The molecule has 6 heteroatoms. The normalized spacial score (nSPS) is 16.9. The van der Waals surface area contributed by atoms with Gasteiger partial charge in [0.15, 0.2) is 0 Å². The van der Waals surface area contributed by atoms with E-state index in [9.17, 15) is 14.7 Å². The van der Waals surface area contributed by atoms with Gasteiger partial charge in [0.25, 0.3) is 0 Å². The third-order valence-corrected chi connectivity index (χ3v) is 4.02.